The number of hydrogen-bond acceptors (Lipinski definition) is 4. The van der Waals surface area contributed by atoms with Gasteiger partial charge in [0.15, 0.2) is 0 Å². The predicted octanol–water partition coefficient (Wildman–Crippen LogP) is 3.70. The lowest BCUT2D eigenvalue weighted by molar-refractivity contribution is 0.173. The van der Waals surface area contributed by atoms with Crippen molar-refractivity contribution in [3.63, 3.8) is 0 Å². The summed E-state index contributed by atoms with van der Waals surface area (Å²) in [5.41, 5.74) is 2.75. The van der Waals surface area contributed by atoms with Crippen molar-refractivity contribution in [2.24, 2.45) is 0 Å². The second kappa shape index (κ2) is 9.44. The summed E-state index contributed by atoms with van der Waals surface area (Å²) in [5, 5.41) is 0. The molecule has 2 aliphatic heterocycles. The fourth-order valence-electron chi connectivity index (χ4n) is 4.39. The van der Waals surface area contributed by atoms with E-state index in [1.165, 1.54) is 37.2 Å². The number of nitrogens with zero attached hydrogens (tertiary/aromatic N) is 3. The third-order valence-electron chi connectivity index (χ3n) is 6.23. The van der Waals surface area contributed by atoms with E-state index in [-0.39, 0.29) is 0 Å². The van der Waals surface area contributed by atoms with E-state index in [2.05, 4.69) is 76.3 Å². The highest BCUT2D eigenvalue weighted by Gasteiger charge is 2.21. The molecule has 28 heavy (non-hydrogen) atoms. The zero-order chi connectivity index (χ0) is 19.2. The number of anilines is 1. The topological polar surface area (TPSA) is 19.0 Å². The van der Waals surface area contributed by atoms with Crippen LogP contribution in [0.4, 0.5) is 5.69 Å². The highest BCUT2D eigenvalue weighted by Crippen LogP contribution is 2.30. The average molecular weight is 380 g/mol. The Balaban J connectivity index is 1.25. The van der Waals surface area contributed by atoms with Crippen LogP contribution in [0.3, 0.4) is 0 Å². The van der Waals surface area contributed by atoms with Crippen LogP contribution in [0, 0.1) is 0 Å². The Hall–Kier alpha value is -2.04. The molecule has 4 heteroatoms. The van der Waals surface area contributed by atoms with E-state index in [0.717, 1.165) is 51.0 Å². The van der Waals surface area contributed by atoms with Crippen molar-refractivity contribution in [3.05, 3.63) is 60.2 Å². The van der Waals surface area contributed by atoms with Crippen molar-refractivity contribution in [2.45, 2.75) is 18.8 Å². The smallest absolute Gasteiger partial charge is 0.142 e. The quantitative estimate of drug-likeness (QED) is 0.762. The lowest BCUT2D eigenvalue weighted by atomic mass is 9.89. The van der Waals surface area contributed by atoms with Crippen LogP contribution >= 0.6 is 0 Å². The first-order valence-corrected chi connectivity index (χ1v) is 10.7. The molecule has 2 aromatic carbocycles. The number of piperazine rings is 1. The molecule has 0 atom stereocenters. The van der Waals surface area contributed by atoms with Gasteiger partial charge in [0.2, 0.25) is 0 Å². The Morgan fingerprint density at radius 3 is 2.25 bits per heavy atom. The van der Waals surface area contributed by atoms with Gasteiger partial charge in [0.1, 0.15) is 12.4 Å². The molecular weight excluding hydrogens is 346 g/mol. The van der Waals surface area contributed by atoms with Crippen molar-refractivity contribution in [3.8, 4) is 5.75 Å². The van der Waals surface area contributed by atoms with Crippen LogP contribution in [0.15, 0.2) is 54.6 Å². The Morgan fingerprint density at radius 2 is 1.50 bits per heavy atom. The van der Waals surface area contributed by atoms with Gasteiger partial charge in [-0.05, 0) is 56.6 Å². The molecule has 0 radical (unpaired) electrons. The van der Waals surface area contributed by atoms with Crippen molar-refractivity contribution < 1.29 is 4.74 Å². The molecular formula is C24H33N3O. The fraction of sp³-hybridized carbons (Fsp3) is 0.500. The van der Waals surface area contributed by atoms with Crippen LogP contribution in [0.5, 0.6) is 5.75 Å². The number of benzene rings is 2. The highest BCUT2D eigenvalue weighted by atomic mass is 16.5. The van der Waals surface area contributed by atoms with Gasteiger partial charge in [-0.15, -0.1) is 0 Å². The summed E-state index contributed by atoms with van der Waals surface area (Å²) in [6, 6.07) is 19.5. The summed E-state index contributed by atoms with van der Waals surface area (Å²) >= 11 is 0. The van der Waals surface area contributed by atoms with Gasteiger partial charge in [-0.1, -0.05) is 42.5 Å². The summed E-state index contributed by atoms with van der Waals surface area (Å²) in [5.74, 6) is 1.75. The molecule has 2 heterocycles. The fourth-order valence-corrected chi connectivity index (χ4v) is 4.39. The van der Waals surface area contributed by atoms with Gasteiger partial charge in [-0.3, -0.25) is 4.90 Å². The van der Waals surface area contributed by atoms with Crippen LogP contribution in [0.1, 0.15) is 24.3 Å². The van der Waals surface area contributed by atoms with E-state index in [1.807, 2.05) is 0 Å². The summed E-state index contributed by atoms with van der Waals surface area (Å²) in [6.45, 7) is 8.49. The first kappa shape index (κ1) is 19.3. The first-order chi connectivity index (χ1) is 13.8. The number of para-hydroxylation sites is 2. The zero-order valence-corrected chi connectivity index (χ0v) is 17.1. The molecule has 150 valence electrons. The van der Waals surface area contributed by atoms with Gasteiger partial charge in [0.25, 0.3) is 0 Å². The largest absolute Gasteiger partial charge is 0.490 e. The van der Waals surface area contributed by atoms with Gasteiger partial charge >= 0.3 is 0 Å². The minimum Gasteiger partial charge on any atom is -0.490 e. The minimum absolute atomic E-state index is 0.719. The Morgan fingerprint density at radius 1 is 0.821 bits per heavy atom. The number of likely N-dealkylation sites (tertiary alicyclic amines) is 1. The second-order valence-corrected chi connectivity index (χ2v) is 8.13. The molecule has 0 amide bonds. The van der Waals surface area contributed by atoms with E-state index >= 15 is 0 Å². The third kappa shape index (κ3) is 4.86. The number of piperidine rings is 1. The van der Waals surface area contributed by atoms with Crippen LogP contribution < -0.4 is 9.64 Å². The maximum absolute atomic E-state index is 6.23. The molecule has 2 fully saturated rings. The molecule has 0 aliphatic carbocycles. The van der Waals surface area contributed by atoms with E-state index < -0.39 is 0 Å². The zero-order valence-electron chi connectivity index (χ0n) is 17.1. The standard InChI is InChI=1S/C24H33N3O/c1-25-15-17-27(18-16-25)23-9-5-6-10-24(23)28-20-19-26-13-11-22(12-14-26)21-7-3-2-4-8-21/h2-10,22H,11-20H2,1H3. The highest BCUT2D eigenvalue weighted by molar-refractivity contribution is 5.58. The van der Waals surface area contributed by atoms with E-state index in [0.29, 0.717) is 0 Å². The molecule has 0 saturated carbocycles. The summed E-state index contributed by atoms with van der Waals surface area (Å²) < 4.78 is 6.23. The maximum Gasteiger partial charge on any atom is 0.142 e. The molecule has 4 nitrogen and oxygen atoms in total. The molecule has 0 unspecified atom stereocenters. The van der Waals surface area contributed by atoms with Crippen molar-refractivity contribution in [1.82, 2.24) is 9.80 Å². The third-order valence-corrected chi connectivity index (χ3v) is 6.23. The minimum atomic E-state index is 0.719. The van der Waals surface area contributed by atoms with E-state index in [9.17, 15) is 0 Å². The number of likely N-dealkylation sites (N-methyl/N-ethyl adjacent to an activating group) is 1. The Kier molecular flexibility index (Phi) is 6.50. The maximum atomic E-state index is 6.23. The van der Waals surface area contributed by atoms with Gasteiger partial charge in [-0.25, -0.2) is 0 Å². The first-order valence-electron chi connectivity index (χ1n) is 10.7. The van der Waals surface area contributed by atoms with Crippen LogP contribution in [-0.2, 0) is 0 Å². The Labute approximate surface area is 169 Å². The van der Waals surface area contributed by atoms with Gasteiger partial charge in [0.05, 0.1) is 5.69 Å². The lowest BCUT2D eigenvalue weighted by Crippen LogP contribution is -2.44. The lowest BCUT2D eigenvalue weighted by Gasteiger charge is -2.35. The van der Waals surface area contributed by atoms with Crippen LogP contribution in [0.25, 0.3) is 0 Å². The molecule has 0 N–H and O–H groups in total. The van der Waals surface area contributed by atoms with Crippen molar-refractivity contribution >= 4 is 5.69 Å². The molecule has 2 saturated heterocycles. The number of rotatable bonds is 6. The van der Waals surface area contributed by atoms with Crippen LogP contribution in [0.2, 0.25) is 0 Å². The molecule has 2 aliphatic rings. The summed E-state index contributed by atoms with van der Waals surface area (Å²) in [7, 11) is 2.20. The van der Waals surface area contributed by atoms with Gasteiger partial charge < -0.3 is 14.5 Å². The monoisotopic (exact) mass is 379 g/mol. The average Bonchev–Trinajstić information content (AvgIpc) is 2.76. The molecule has 0 bridgehead atoms. The van der Waals surface area contributed by atoms with E-state index in [1.54, 1.807) is 0 Å². The van der Waals surface area contributed by atoms with Gasteiger partial charge in [0, 0.05) is 32.7 Å². The summed E-state index contributed by atoms with van der Waals surface area (Å²) in [6.07, 6.45) is 2.50. The van der Waals surface area contributed by atoms with Crippen molar-refractivity contribution in [1.29, 1.82) is 0 Å². The molecule has 0 aromatic heterocycles. The summed E-state index contributed by atoms with van der Waals surface area (Å²) in [4.78, 5) is 7.40. The Bertz CT molecular complexity index is 720. The van der Waals surface area contributed by atoms with Crippen molar-refractivity contribution in [2.75, 3.05) is 64.4 Å². The van der Waals surface area contributed by atoms with Crippen LogP contribution in [-0.4, -0.2) is 69.3 Å². The normalized spacial score (nSPS) is 19.7. The molecule has 0 spiro atoms. The second-order valence-electron chi connectivity index (χ2n) is 8.13. The number of ether oxygens (including phenoxy) is 1. The number of hydrogen-bond donors (Lipinski definition) is 0. The van der Waals surface area contributed by atoms with E-state index in [4.69, 9.17) is 4.74 Å². The SMILES string of the molecule is CN1CCN(c2ccccc2OCCN2CCC(c3ccccc3)CC2)CC1. The predicted molar refractivity (Wildman–Crippen MR) is 117 cm³/mol. The molecule has 4 rings (SSSR count). The van der Waals surface area contributed by atoms with Gasteiger partial charge in [-0.2, -0.15) is 0 Å². The molecule has 2 aromatic rings.